The van der Waals surface area contributed by atoms with E-state index in [1.54, 1.807) is 24.3 Å². The second-order valence-corrected chi connectivity index (χ2v) is 13.3. The van der Waals surface area contributed by atoms with E-state index in [0.717, 1.165) is 18.1 Å². The lowest BCUT2D eigenvalue weighted by Gasteiger charge is -2.22. The van der Waals surface area contributed by atoms with Crippen LogP contribution in [0.2, 0.25) is 0 Å². The van der Waals surface area contributed by atoms with E-state index in [-0.39, 0.29) is 28.6 Å². The molecule has 18 heteroatoms. The zero-order valence-corrected chi connectivity index (χ0v) is 25.1. The molecule has 0 saturated heterocycles. The number of phenols is 1. The molecule has 0 aliphatic rings. The molecule has 5 N–H and O–H groups in total. The van der Waals surface area contributed by atoms with Gasteiger partial charge in [-0.25, -0.2) is 21.6 Å². The van der Waals surface area contributed by atoms with Gasteiger partial charge in [-0.3, -0.25) is 4.72 Å². The number of benzene rings is 3. The summed E-state index contributed by atoms with van der Waals surface area (Å²) in [5.74, 6) is -3.08. The maximum atomic E-state index is 12.5. The molecule has 0 aliphatic heterocycles. The second kappa shape index (κ2) is 15.3. The molecule has 0 aromatic heterocycles. The Balaban J connectivity index is 0.000000900. The number of phenolic OH excluding ortho intramolecular Hbond substituents is 1. The van der Waals surface area contributed by atoms with Crippen molar-refractivity contribution >= 4 is 31.5 Å². The number of rotatable bonds is 12. The molecule has 0 bridgehead atoms. The number of hydrogen-bond acceptors (Lipinski definition) is 9. The summed E-state index contributed by atoms with van der Waals surface area (Å²) in [6.45, 7) is -2.96. The normalized spacial score (nSPS) is 13.4. The maximum absolute atomic E-state index is 12.5. The van der Waals surface area contributed by atoms with Crippen LogP contribution in [0.4, 0.5) is 27.6 Å². The Kier molecular flexibility index (Phi) is 12.7. The standard InChI is InChI=1S/C25H28F2N2O7S2.C2HF3O2/c1-37(32,33)20-10-3-16(4-11-20)13-21(17-5-8-19(9-6-17)36-25(26)27)28-15-24(31)18-7-12-23(30)22(14-18)29-38(2,34)35;3-2(4,5)1(6)7/h3-12,14,21,24-25,28-31H,13,15H2,1-2H3;(H,6,7)/t21?,24-;/m0./s1. The molecule has 2 atom stereocenters. The molecular formula is C27H29F5N2O9S2. The van der Waals surface area contributed by atoms with Gasteiger partial charge in [-0.2, -0.15) is 22.0 Å². The molecule has 0 aliphatic carbocycles. The molecule has 0 saturated carbocycles. The summed E-state index contributed by atoms with van der Waals surface area (Å²) < 4.78 is 110. The van der Waals surface area contributed by atoms with Gasteiger partial charge in [0, 0.05) is 18.8 Å². The third-order valence-corrected chi connectivity index (χ3v) is 7.52. The number of sulfone groups is 1. The average Bonchev–Trinajstić information content (AvgIpc) is 2.91. The van der Waals surface area contributed by atoms with Gasteiger partial charge in [-0.05, 0) is 59.5 Å². The molecule has 1 unspecified atom stereocenters. The van der Waals surface area contributed by atoms with Gasteiger partial charge < -0.3 is 25.4 Å². The topological polar surface area (TPSA) is 179 Å². The highest BCUT2D eigenvalue weighted by molar-refractivity contribution is 7.92. The molecule has 0 spiro atoms. The molecule has 0 amide bonds. The first-order valence-electron chi connectivity index (χ1n) is 12.5. The molecule has 11 nitrogen and oxygen atoms in total. The molecule has 248 valence electrons. The summed E-state index contributed by atoms with van der Waals surface area (Å²) in [6.07, 6.45) is -3.78. The minimum Gasteiger partial charge on any atom is -0.506 e. The molecule has 3 aromatic carbocycles. The number of sulfonamides is 1. The van der Waals surface area contributed by atoms with E-state index in [2.05, 4.69) is 14.8 Å². The first-order valence-corrected chi connectivity index (χ1v) is 16.3. The van der Waals surface area contributed by atoms with Crippen molar-refractivity contribution in [3.8, 4) is 11.5 Å². The molecule has 45 heavy (non-hydrogen) atoms. The lowest BCUT2D eigenvalue weighted by molar-refractivity contribution is -0.192. The van der Waals surface area contributed by atoms with Gasteiger partial charge in [0.15, 0.2) is 9.84 Å². The summed E-state index contributed by atoms with van der Waals surface area (Å²) >= 11 is 0. The second-order valence-electron chi connectivity index (χ2n) is 9.50. The van der Waals surface area contributed by atoms with E-state index in [4.69, 9.17) is 9.90 Å². The lowest BCUT2D eigenvalue weighted by Crippen LogP contribution is -2.28. The number of alkyl halides is 5. The van der Waals surface area contributed by atoms with Crippen molar-refractivity contribution in [3.63, 3.8) is 0 Å². The van der Waals surface area contributed by atoms with Crippen LogP contribution in [0.5, 0.6) is 11.5 Å². The summed E-state index contributed by atoms with van der Waals surface area (Å²) in [5, 5.41) is 31.0. The molecular weight excluding hydrogens is 655 g/mol. The predicted octanol–water partition coefficient (Wildman–Crippen LogP) is 4.01. The van der Waals surface area contributed by atoms with Crippen molar-refractivity contribution in [2.45, 2.75) is 36.2 Å². The maximum Gasteiger partial charge on any atom is 0.490 e. The fraction of sp³-hybridized carbons (Fsp3) is 0.296. The lowest BCUT2D eigenvalue weighted by atomic mass is 9.98. The van der Waals surface area contributed by atoms with Gasteiger partial charge in [-0.15, -0.1) is 0 Å². The number of carboxylic acid groups (broad SMARTS) is 1. The van der Waals surface area contributed by atoms with E-state index in [9.17, 15) is 49.0 Å². The van der Waals surface area contributed by atoms with E-state index in [1.165, 1.54) is 42.5 Å². The number of ether oxygens (including phenoxy) is 1. The Morgan fingerprint density at radius 1 is 0.911 bits per heavy atom. The molecule has 0 fully saturated rings. The van der Waals surface area contributed by atoms with Crippen LogP contribution in [0.15, 0.2) is 71.6 Å². The van der Waals surface area contributed by atoms with Crippen LogP contribution in [0.25, 0.3) is 0 Å². The summed E-state index contributed by atoms with van der Waals surface area (Å²) in [7, 11) is -7.03. The van der Waals surface area contributed by atoms with Crippen LogP contribution < -0.4 is 14.8 Å². The van der Waals surface area contributed by atoms with Crippen molar-refractivity contribution < 1.29 is 63.6 Å². The Bertz CT molecular complexity index is 1650. The zero-order valence-electron chi connectivity index (χ0n) is 23.5. The monoisotopic (exact) mass is 684 g/mol. The van der Waals surface area contributed by atoms with E-state index in [0.29, 0.717) is 17.5 Å². The summed E-state index contributed by atoms with van der Waals surface area (Å²) in [4.78, 5) is 9.06. The number of anilines is 1. The number of aliphatic hydroxyl groups is 1. The third-order valence-electron chi connectivity index (χ3n) is 5.80. The number of carbonyl (C=O) groups is 1. The fourth-order valence-electron chi connectivity index (χ4n) is 3.71. The SMILES string of the molecule is CS(=O)(=O)Nc1cc([C@@H](O)CNC(Cc2ccc(S(C)(=O)=O)cc2)c2ccc(OC(F)F)cc2)ccc1O.O=C(O)C(F)(F)F. The molecule has 3 aromatic rings. The third kappa shape index (κ3) is 12.9. The summed E-state index contributed by atoms with van der Waals surface area (Å²) in [5.41, 5.74) is 1.72. The number of aliphatic carboxylic acids is 1. The number of nitrogens with one attached hydrogen (secondary N) is 2. The highest BCUT2D eigenvalue weighted by Crippen LogP contribution is 2.29. The highest BCUT2D eigenvalue weighted by atomic mass is 32.2. The molecule has 0 heterocycles. The van der Waals surface area contributed by atoms with Crippen molar-refractivity contribution in [1.29, 1.82) is 0 Å². The van der Waals surface area contributed by atoms with Crippen LogP contribution in [0.3, 0.4) is 0 Å². The summed E-state index contributed by atoms with van der Waals surface area (Å²) in [6, 6.07) is 15.9. The number of halogens is 5. The van der Waals surface area contributed by atoms with Crippen LogP contribution in [-0.2, 0) is 31.1 Å². The number of hydrogen-bond donors (Lipinski definition) is 5. The van der Waals surface area contributed by atoms with E-state index >= 15 is 0 Å². The highest BCUT2D eigenvalue weighted by Gasteiger charge is 2.38. The minimum atomic E-state index is -5.08. The number of aliphatic hydroxyl groups excluding tert-OH is 1. The smallest absolute Gasteiger partial charge is 0.490 e. The van der Waals surface area contributed by atoms with Gasteiger partial charge in [0.1, 0.15) is 11.5 Å². The van der Waals surface area contributed by atoms with Crippen LogP contribution >= 0.6 is 0 Å². The van der Waals surface area contributed by atoms with E-state index in [1.807, 2.05) is 0 Å². The van der Waals surface area contributed by atoms with Gasteiger partial charge in [0.05, 0.1) is 22.9 Å². The van der Waals surface area contributed by atoms with Gasteiger partial charge >= 0.3 is 18.8 Å². The Hall–Kier alpha value is -4.00. The van der Waals surface area contributed by atoms with E-state index < -0.39 is 50.8 Å². The van der Waals surface area contributed by atoms with Crippen molar-refractivity contribution in [2.75, 3.05) is 23.8 Å². The van der Waals surface area contributed by atoms with Crippen LogP contribution in [0.1, 0.15) is 28.8 Å². The fourth-order valence-corrected chi connectivity index (χ4v) is 4.91. The molecule has 3 rings (SSSR count). The van der Waals surface area contributed by atoms with Crippen molar-refractivity contribution in [2.24, 2.45) is 0 Å². The van der Waals surface area contributed by atoms with Crippen molar-refractivity contribution in [3.05, 3.63) is 83.4 Å². The molecule has 0 radical (unpaired) electrons. The number of aromatic hydroxyl groups is 1. The van der Waals surface area contributed by atoms with Gasteiger partial charge in [0.2, 0.25) is 10.0 Å². The largest absolute Gasteiger partial charge is 0.506 e. The average molecular weight is 685 g/mol. The van der Waals surface area contributed by atoms with Gasteiger partial charge in [-0.1, -0.05) is 30.3 Å². The zero-order chi connectivity index (χ0) is 34.2. The van der Waals surface area contributed by atoms with Crippen LogP contribution in [-0.4, -0.2) is 70.0 Å². The Morgan fingerprint density at radius 2 is 1.44 bits per heavy atom. The number of carboxylic acids is 1. The predicted molar refractivity (Wildman–Crippen MR) is 152 cm³/mol. The van der Waals surface area contributed by atoms with Crippen LogP contribution in [0, 0.1) is 0 Å². The first kappa shape index (κ1) is 37.2. The van der Waals surface area contributed by atoms with Crippen molar-refractivity contribution in [1.82, 2.24) is 5.32 Å². The quantitative estimate of drug-likeness (QED) is 0.138. The first-order chi connectivity index (χ1) is 20.7. The minimum absolute atomic E-state index is 0.00443. The van der Waals surface area contributed by atoms with Gasteiger partial charge in [0.25, 0.3) is 0 Å². The Labute approximate surface area is 255 Å². The Morgan fingerprint density at radius 3 is 1.91 bits per heavy atom.